The molecule has 0 unspecified atom stereocenters. The number of aromatic nitrogens is 2. The normalized spacial score (nSPS) is 12.1. The molecule has 0 aliphatic carbocycles. The lowest BCUT2D eigenvalue weighted by atomic mass is 10.3. The molecule has 18 heavy (non-hydrogen) atoms. The van der Waals surface area contributed by atoms with Gasteiger partial charge in [-0.15, -0.1) is 10.2 Å². The summed E-state index contributed by atoms with van der Waals surface area (Å²) in [5.74, 6) is -0.480. The van der Waals surface area contributed by atoms with Gasteiger partial charge in [0.1, 0.15) is 11.3 Å². The molecule has 0 spiro atoms. The first-order valence-electron chi connectivity index (χ1n) is 5.14. The van der Waals surface area contributed by atoms with E-state index in [9.17, 15) is 9.18 Å². The van der Waals surface area contributed by atoms with Crippen LogP contribution in [-0.4, -0.2) is 21.4 Å². The van der Waals surface area contributed by atoms with Gasteiger partial charge in [0, 0.05) is 5.69 Å². The first-order valence-corrected chi connectivity index (χ1v) is 6.90. The van der Waals surface area contributed by atoms with Crippen molar-refractivity contribution in [3.63, 3.8) is 0 Å². The third kappa shape index (κ3) is 3.51. The molecule has 1 amide bonds. The molecule has 0 aliphatic rings. The van der Waals surface area contributed by atoms with E-state index >= 15 is 0 Å². The van der Waals surface area contributed by atoms with Gasteiger partial charge in [0.2, 0.25) is 5.91 Å². The van der Waals surface area contributed by atoms with Crippen LogP contribution in [0.1, 0.15) is 6.92 Å². The number of rotatable bonds is 4. The lowest BCUT2D eigenvalue weighted by molar-refractivity contribution is -0.115. The number of hydrogen-bond acceptors (Lipinski definition) is 5. The average molecular weight is 283 g/mol. The maximum Gasteiger partial charge on any atom is 0.237 e. The summed E-state index contributed by atoms with van der Waals surface area (Å²) in [4.78, 5) is 11.9. The quantitative estimate of drug-likeness (QED) is 0.877. The van der Waals surface area contributed by atoms with Crippen LogP contribution in [0.5, 0.6) is 0 Å². The molecule has 0 bridgehead atoms. The zero-order chi connectivity index (χ0) is 13.0. The molecular formula is C11H10FN3OS2. The SMILES string of the molecule is C[C@H](Sc1nncs1)C(=O)Nc1ccc(F)cc1. The summed E-state index contributed by atoms with van der Waals surface area (Å²) in [7, 11) is 0. The second-order valence-electron chi connectivity index (χ2n) is 3.46. The van der Waals surface area contributed by atoms with Gasteiger partial charge in [-0.1, -0.05) is 23.1 Å². The molecule has 1 atom stereocenters. The minimum atomic E-state index is -0.329. The number of carbonyl (C=O) groups is 1. The van der Waals surface area contributed by atoms with E-state index in [1.54, 1.807) is 12.4 Å². The Morgan fingerprint density at radius 3 is 2.78 bits per heavy atom. The van der Waals surface area contributed by atoms with E-state index in [0.29, 0.717) is 5.69 Å². The van der Waals surface area contributed by atoms with Crippen LogP contribution in [0.3, 0.4) is 0 Å². The van der Waals surface area contributed by atoms with Crippen molar-refractivity contribution < 1.29 is 9.18 Å². The Morgan fingerprint density at radius 2 is 2.17 bits per heavy atom. The van der Waals surface area contributed by atoms with Crippen molar-refractivity contribution in [2.24, 2.45) is 0 Å². The largest absolute Gasteiger partial charge is 0.325 e. The predicted molar refractivity (Wildman–Crippen MR) is 70.3 cm³/mol. The van der Waals surface area contributed by atoms with Crippen molar-refractivity contribution in [2.75, 3.05) is 5.32 Å². The van der Waals surface area contributed by atoms with E-state index in [-0.39, 0.29) is 17.0 Å². The number of amides is 1. The highest BCUT2D eigenvalue weighted by Gasteiger charge is 2.16. The number of halogens is 1. The van der Waals surface area contributed by atoms with Crippen molar-refractivity contribution in [3.05, 3.63) is 35.6 Å². The Kier molecular flexibility index (Phi) is 4.27. The third-order valence-corrected chi connectivity index (χ3v) is 4.01. The van der Waals surface area contributed by atoms with Crippen molar-refractivity contribution in [1.29, 1.82) is 0 Å². The molecule has 0 saturated carbocycles. The molecule has 4 nitrogen and oxygen atoms in total. The van der Waals surface area contributed by atoms with Crippen molar-refractivity contribution in [3.8, 4) is 0 Å². The van der Waals surface area contributed by atoms with Crippen LogP contribution in [-0.2, 0) is 4.79 Å². The molecule has 94 valence electrons. The highest BCUT2D eigenvalue weighted by Crippen LogP contribution is 2.24. The van der Waals surface area contributed by atoms with Gasteiger partial charge in [-0.2, -0.15) is 0 Å². The van der Waals surface area contributed by atoms with E-state index in [0.717, 1.165) is 4.34 Å². The summed E-state index contributed by atoms with van der Waals surface area (Å²) in [6.45, 7) is 1.78. The van der Waals surface area contributed by atoms with Gasteiger partial charge in [-0.25, -0.2) is 4.39 Å². The van der Waals surface area contributed by atoms with Crippen LogP contribution in [0.2, 0.25) is 0 Å². The second kappa shape index (κ2) is 5.92. The Bertz CT molecular complexity index is 516. The molecule has 1 heterocycles. The van der Waals surface area contributed by atoms with Gasteiger partial charge >= 0.3 is 0 Å². The lowest BCUT2D eigenvalue weighted by Gasteiger charge is -2.10. The molecule has 2 rings (SSSR count). The Balaban J connectivity index is 1.93. The first kappa shape index (κ1) is 13.0. The average Bonchev–Trinajstić information content (AvgIpc) is 2.85. The highest BCUT2D eigenvalue weighted by atomic mass is 32.2. The van der Waals surface area contributed by atoms with Crippen LogP contribution in [0.4, 0.5) is 10.1 Å². The monoisotopic (exact) mass is 283 g/mol. The molecule has 0 fully saturated rings. The maximum absolute atomic E-state index is 12.7. The minimum Gasteiger partial charge on any atom is -0.325 e. The number of nitrogens with one attached hydrogen (secondary N) is 1. The fourth-order valence-electron chi connectivity index (χ4n) is 1.20. The van der Waals surface area contributed by atoms with E-state index in [1.165, 1.54) is 47.4 Å². The van der Waals surface area contributed by atoms with Crippen LogP contribution >= 0.6 is 23.1 Å². The molecular weight excluding hydrogens is 273 g/mol. The van der Waals surface area contributed by atoms with Crippen LogP contribution in [0.25, 0.3) is 0 Å². The molecule has 1 aromatic heterocycles. The van der Waals surface area contributed by atoms with Crippen molar-refractivity contribution in [1.82, 2.24) is 10.2 Å². The topological polar surface area (TPSA) is 54.9 Å². The number of hydrogen-bond donors (Lipinski definition) is 1. The van der Waals surface area contributed by atoms with Crippen molar-refractivity contribution in [2.45, 2.75) is 16.5 Å². The van der Waals surface area contributed by atoms with Gasteiger partial charge in [-0.05, 0) is 31.2 Å². The number of carbonyl (C=O) groups excluding carboxylic acids is 1. The van der Waals surface area contributed by atoms with Crippen LogP contribution < -0.4 is 5.32 Å². The zero-order valence-corrected chi connectivity index (χ0v) is 11.1. The zero-order valence-electron chi connectivity index (χ0n) is 9.46. The van der Waals surface area contributed by atoms with Crippen LogP contribution in [0, 0.1) is 5.82 Å². The molecule has 7 heteroatoms. The first-order chi connectivity index (χ1) is 8.65. The Hall–Kier alpha value is -1.47. The van der Waals surface area contributed by atoms with E-state index in [2.05, 4.69) is 15.5 Å². The number of anilines is 1. The summed E-state index contributed by atoms with van der Waals surface area (Å²) >= 11 is 2.73. The van der Waals surface area contributed by atoms with Crippen LogP contribution in [0.15, 0.2) is 34.1 Å². The van der Waals surface area contributed by atoms with E-state index < -0.39 is 0 Å². The van der Waals surface area contributed by atoms with E-state index in [1.807, 2.05) is 0 Å². The molecule has 0 radical (unpaired) electrons. The van der Waals surface area contributed by atoms with Gasteiger partial charge in [0.25, 0.3) is 0 Å². The molecule has 2 aromatic rings. The van der Waals surface area contributed by atoms with Gasteiger partial charge in [0.05, 0.1) is 5.25 Å². The van der Waals surface area contributed by atoms with Gasteiger partial charge < -0.3 is 5.32 Å². The molecule has 0 aliphatic heterocycles. The number of benzene rings is 1. The van der Waals surface area contributed by atoms with Crippen molar-refractivity contribution >= 4 is 34.7 Å². The fraction of sp³-hybridized carbons (Fsp3) is 0.182. The highest BCUT2D eigenvalue weighted by molar-refractivity contribution is 8.02. The molecule has 0 saturated heterocycles. The fourth-order valence-corrected chi connectivity index (χ4v) is 2.82. The Morgan fingerprint density at radius 1 is 1.44 bits per heavy atom. The number of nitrogens with zero attached hydrogens (tertiary/aromatic N) is 2. The smallest absolute Gasteiger partial charge is 0.237 e. The third-order valence-electron chi connectivity index (χ3n) is 2.10. The second-order valence-corrected chi connectivity index (χ2v) is 5.88. The summed E-state index contributed by atoms with van der Waals surface area (Å²) in [6, 6.07) is 5.65. The summed E-state index contributed by atoms with van der Waals surface area (Å²) < 4.78 is 13.5. The summed E-state index contributed by atoms with van der Waals surface area (Å²) in [5.41, 5.74) is 2.19. The van der Waals surface area contributed by atoms with Gasteiger partial charge in [-0.3, -0.25) is 4.79 Å². The van der Waals surface area contributed by atoms with E-state index in [4.69, 9.17) is 0 Å². The predicted octanol–water partition coefficient (Wildman–Crippen LogP) is 2.80. The lowest BCUT2D eigenvalue weighted by Crippen LogP contribution is -2.22. The Labute approximate surface area is 112 Å². The number of thioether (sulfide) groups is 1. The summed E-state index contributed by atoms with van der Waals surface area (Å²) in [6.07, 6.45) is 0. The molecule has 1 N–H and O–H groups in total. The van der Waals surface area contributed by atoms with Gasteiger partial charge in [0.15, 0.2) is 4.34 Å². The standard InChI is InChI=1S/C11H10FN3OS2/c1-7(18-11-15-13-6-17-11)10(16)14-9-4-2-8(12)3-5-9/h2-7H,1H3,(H,14,16)/t7-/m0/s1. The maximum atomic E-state index is 12.7. The summed E-state index contributed by atoms with van der Waals surface area (Å²) in [5, 5.41) is 9.98. The molecule has 1 aromatic carbocycles. The minimum absolute atomic E-state index is 0.151.